The molecule has 1 fully saturated rings. The van der Waals surface area contributed by atoms with Crippen molar-refractivity contribution in [3.05, 3.63) is 33.9 Å². The quantitative estimate of drug-likeness (QED) is 0.667. The van der Waals surface area contributed by atoms with Crippen LogP contribution in [0.3, 0.4) is 0 Å². The molecule has 1 aromatic carbocycles. The zero-order chi connectivity index (χ0) is 15.4. The summed E-state index contributed by atoms with van der Waals surface area (Å²) in [5.74, 6) is 0.275. The highest BCUT2D eigenvalue weighted by atomic mass is 16.6. The van der Waals surface area contributed by atoms with Crippen molar-refractivity contribution in [1.82, 2.24) is 5.32 Å². The maximum absolute atomic E-state index is 10.9. The molecule has 7 nitrogen and oxygen atoms in total. The van der Waals surface area contributed by atoms with Gasteiger partial charge >= 0.3 is 0 Å². The van der Waals surface area contributed by atoms with Crippen LogP contribution >= 0.6 is 0 Å². The van der Waals surface area contributed by atoms with E-state index >= 15 is 0 Å². The highest BCUT2D eigenvalue weighted by molar-refractivity contribution is 5.72. The molecule has 0 bridgehead atoms. The van der Waals surface area contributed by atoms with Gasteiger partial charge in [0.25, 0.3) is 5.69 Å². The monoisotopic (exact) mass is 288 g/mol. The predicted molar refractivity (Wildman–Crippen MR) is 76.8 cm³/mol. The third kappa shape index (κ3) is 3.48. The fourth-order valence-electron chi connectivity index (χ4n) is 2.51. The van der Waals surface area contributed by atoms with E-state index in [1.54, 1.807) is 6.07 Å². The molecule has 7 heteroatoms. The summed E-state index contributed by atoms with van der Waals surface area (Å²) in [7, 11) is 0. The maximum atomic E-state index is 10.9. The Labute approximate surface area is 122 Å². The molecule has 1 heterocycles. The van der Waals surface area contributed by atoms with Crippen LogP contribution in [0.15, 0.2) is 18.2 Å². The second-order valence-electron chi connectivity index (χ2n) is 5.11. The number of amides is 1. The molecule has 1 aliphatic rings. The summed E-state index contributed by atoms with van der Waals surface area (Å²) in [4.78, 5) is 23.2. The summed E-state index contributed by atoms with van der Waals surface area (Å²) in [5, 5.41) is 22.7. The van der Waals surface area contributed by atoms with Gasteiger partial charge in [-0.3, -0.25) is 14.9 Å². The highest BCUT2D eigenvalue weighted by Crippen LogP contribution is 2.29. The number of rotatable bonds is 4. The number of nitro benzene ring substituents is 1. The molecule has 1 N–H and O–H groups in total. The number of nitriles is 1. The largest absolute Gasteiger partial charge is 0.370 e. The van der Waals surface area contributed by atoms with Gasteiger partial charge in [-0.1, -0.05) is 0 Å². The molecule has 1 amide bonds. The second-order valence-corrected chi connectivity index (χ2v) is 5.11. The van der Waals surface area contributed by atoms with Gasteiger partial charge in [-0.15, -0.1) is 0 Å². The number of anilines is 1. The van der Waals surface area contributed by atoms with E-state index in [0.717, 1.165) is 19.5 Å². The van der Waals surface area contributed by atoms with Crippen LogP contribution in [0.25, 0.3) is 0 Å². The Morgan fingerprint density at radius 2 is 2.38 bits per heavy atom. The molecule has 110 valence electrons. The van der Waals surface area contributed by atoms with Gasteiger partial charge in [0.1, 0.15) is 6.07 Å². The standard InChI is InChI=1S/C14H16N4O3/c1-10(19)16-8-11-4-5-17(9-11)14-3-2-13(18(20)21)6-12(14)7-15/h2-3,6,11H,4-5,8-9H2,1H3,(H,16,19). The van der Waals surface area contributed by atoms with Crippen molar-refractivity contribution in [2.24, 2.45) is 5.92 Å². The number of non-ortho nitro benzene ring substituents is 1. The lowest BCUT2D eigenvalue weighted by molar-refractivity contribution is -0.384. The molecule has 1 aromatic rings. The fraction of sp³-hybridized carbons (Fsp3) is 0.429. The first-order chi connectivity index (χ1) is 10.0. The summed E-state index contributed by atoms with van der Waals surface area (Å²) in [6.45, 7) is 3.60. The van der Waals surface area contributed by atoms with Gasteiger partial charge in [-0.05, 0) is 18.4 Å². The summed E-state index contributed by atoms with van der Waals surface area (Å²) < 4.78 is 0. The van der Waals surface area contributed by atoms with E-state index in [2.05, 4.69) is 5.32 Å². The average molecular weight is 288 g/mol. The summed E-state index contributed by atoms with van der Waals surface area (Å²) in [5.41, 5.74) is 0.946. The minimum absolute atomic E-state index is 0.0542. The third-order valence-corrected chi connectivity index (χ3v) is 3.58. The molecule has 1 saturated heterocycles. The maximum Gasteiger partial charge on any atom is 0.270 e. The van der Waals surface area contributed by atoms with Crippen LogP contribution in [0.2, 0.25) is 0 Å². The molecule has 0 aromatic heterocycles. The molecule has 1 unspecified atom stereocenters. The van der Waals surface area contributed by atoms with Gasteiger partial charge in [-0.2, -0.15) is 5.26 Å². The second kappa shape index (κ2) is 6.22. The molecule has 2 rings (SSSR count). The van der Waals surface area contributed by atoms with Crippen molar-refractivity contribution in [3.8, 4) is 6.07 Å². The Bertz CT molecular complexity index is 609. The zero-order valence-electron chi connectivity index (χ0n) is 11.7. The van der Waals surface area contributed by atoms with E-state index in [4.69, 9.17) is 0 Å². The molecular weight excluding hydrogens is 272 g/mol. The molecule has 0 aliphatic carbocycles. The lowest BCUT2D eigenvalue weighted by Gasteiger charge is -2.20. The summed E-state index contributed by atoms with van der Waals surface area (Å²) in [6.07, 6.45) is 0.919. The van der Waals surface area contributed by atoms with Crippen LogP contribution in [-0.2, 0) is 4.79 Å². The van der Waals surface area contributed by atoms with E-state index in [1.165, 1.54) is 19.1 Å². The minimum Gasteiger partial charge on any atom is -0.370 e. The number of carbonyl (C=O) groups excluding carboxylic acids is 1. The predicted octanol–water partition coefficient (Wildman–Crippen LogP) is 1.43. The van der Waals surface area contributed by atoms with Crippen LogP contribution in [0.4, 0.5) is 11.4 Å². The average Bonchev–Trinajstić information content (AvgIpc) is 2.93. The van der Waals surface area contributed by atoms with Crippen molar-refractivity contribution >= 4 is 17.3 Å². The zero-order valence-corrected chi connectivity index (χ0v) is 11.7. The van der Waals surface area contributed by atoms with Gasteiger partial charge in [0.05, 0.1) is 16.2 Å². The molecule has 1 atom stereocenters. The first-order valence-electron chi connectivity index (χ1n) is 6.69. The molecule has 0 spiro atoms. The van der Waals surface area contributed by atoms with E-state index < -0.39 is 4.92 Å². The molecule has 21 heavy (non-hydrogen) atoms. The Hall–Kier alpha value is -2.62. The van der Waals surface area contributed by atoms with Gasteiger partial charge < -0.3 is 10.2 Å². The van der Waals surface area contributed by atoms with Crippen molar-refractivity contribution in [3.63, 3.8) is 0 Å². The van der Waals surface area contributed by atoms with Crippen LogP contribution in [0, 0.1) is 27.4 Å². The fourth-order valence-corrected chi connectivity index (χ4v) is 2.51. The Morgan fingerprint density at radius 3 is 3.00 bits per heavy atom. The normalized spacial score (nSPS) is 17.3. The summed E-state index contributed by atoms with van der Waals surface area (Å²) in [6, 6.07) is 6.36. The van der Waals surface area contributed by atoms with Crippen molar-refractivity contribution < 1.29 is 9.72 Å². The van der Waals surface area contributed by atoms with Crippen molar-refractivity contribution in [2.75, 3.05) is 24.5 Å². The van der Waals surface area contributed by atoms with Crippen molar-refractivity contribution in [1.29, 1.82) is 5.26 Å². The van der Waals surface area contributed by atoms with E-state index in [0.29, 0.717) is 23.7 Å². The number of nitrogens with one attached hydrogen (secondary N) is 1. The van der Waals surface area contributed by atoms with Gasteiger partial charge in [0.15, 0.2) is 0 Å². The number of benzene rings is 1. The van der Waals surface area contributed by atoms with Crippen LogP contribution < -0.4 is 10.2 Å². The Kier molecular flexibility index (Phi) is 4.38. The topological polar surface area (TPSA) is 99.3 Å². The Balaban J connectivity index is 2.11. The first kappa shape index (κ1) is 14.8. The van der Waals surface area contributed by atoms with Crippen molar-refractivity contribution in [2.45, 2.75) is 13.3 Å². The molecule has 0 saturated carbocycles. The van der Waals surface area contributed by atoms with Crippen LogP contribution in [-0.4, -0.2) is 30.5 Å². The lowest BCUT2D eigenvalue weighted by Crippen LogP contribution is -2.29. The number of hydrogen-bond donors (Lipinski definition) is 1. The minimum atomic E-state index is -0.506. The number of hydrogen-bond acceptors (Lipinski definition) is 5. The SMILES string of the molecule is CC(=O)NCC1CCN(c2ccc([N+](=O)[O-])cc2C#N)C1. The van der Waals surface area contributed by atoms with Gasteiger partial charge in [-0.25, -0.2) is 0 Å². The molecule has 0 radical (unpaired) electrons. The first-order valence-corrected chi connectivity index (χ1v) is 6.69. The lowest BCUT2D eigenvalue weighted by atomic mass is 10.1. The van der Waals surface area contributed by atoms with Gasteiger partial charge in [0, 0.05) is 38.7 Å². The summed E-state index contributed by atoms with van der Waals surface area (Å²) >= 11 is 0. The van der Waals surface area contributed by atoms with E-state index in [1.807, 2.05) is 11.0 Å². The van der Waals surface area contributed by atoms with E-state index in [9.17, 15) is 20.2 Å². The molecule has 1 aliphatic heterocycles. The van der Waals surface area contributed by atoms with Crippen LogP contribution in [0.1, 0.15) is 18.9 Å². The third-order valence-electron chi connectivity index (χ3n) is 3.58. The van der Waals surface area contributed by atoms with E-state index in [-0.39, 0.29) is 11.6 Å². The smallest absolute Gasteiger partial charge is 0.270 e. The van der Waals surface area contributed by atoms with Gasteiger partial charge in [0.2, 0.25) is 5.91 Å². The Morgan fingerprint density at radius 1 is 1.62 bits per heavy atom. The van der Waals surface area contributed by atoms with Crippen LogP contribution in [0.5, 0.6) is 0 Å². The highest BCUT2D eigenvalue weighted by Gasteiger charge is 2.25. The molecular formula is C14H16N4O3. The number of nitrogens with zero attached hydrogens (tertiary/aromatic N) is 3. The number of nitro groups is 1. The number of carbonyl (C=O) groups is 1.